The average Bonchev–Trinajstić information content (AvgIpc) is 3.22. The Balaban J connectivity index is 0.000000269. The Kier molecular flexibility index (Phi) is 15.7. The minimum absolute atomic E-state index is 0.0493. The van der Waals surface area contributed by atoms with Gasteiger partial charge < -0.3 is 47.7 Å². The molecule has 0 saturated heterocycles. The third kappa shape index (κ3) is 12.6. The Hall–Kier alpha value is -7.69. The Labute approximate surface area is 346 Å². The van der Waals surface area contributed by atoms with Gasteiger partial charge in [-0.3, -0.25) is 10.1 Å². The fraction of sp³-hybridized carbons (Fsp3) is 0.216. The molecule has 0 aliphatic heterocycles. The summed E-state index contributed by atoms with van der Waals surface area (Å²) in [7, 11) is 5.63. The molecule has 61 heavy (non-hydrogen) atoms. The number of nitro groups is 1. The van der Waals surface area contributed by atoms with Gasteiger partial charge in [0.15, 0.2) is 6.61 Å². The molecular weight excluding hydrogens is 847 g/mol. The summed E-state index contributed by atoms with van der Waals surface area (Å²) in [4.78, 5) is 61.8. The lowest BCUT2D eigenvalue weighted by molar-refractivity contribution is -0.385. The summed E-state index contributed by atoms with van der Waals surface area (Å²) in [6.45, 7) is 0.825. The van der Waals surface area contributed by atoms with Gasteiger partial charge in [-0.15, -0.1) is 0 Å². The molecule has 2 aromatic heterocycles. The van der Waals surface area contributed by atoms with E-state index in [2.05, 4.69) is 24.7 Å². The smallest absolute Gasteiger partial charge is 0.416 e. The molecule has 20 nitrogen and oxygen atoms in total. The SMILES string of the molecule is CCOC(=O)COC(=O)c1cc(Oc2ccc(C(F)(F)F)cc2Cl)ccc1[N+](=O)[O-].COc1cc(OC)nc(Oc2cccc(Oc3nc(OC)cc(OC)n3)c2C(=O)O)n1. The fourth-order valence-electron chi connectivity index (χ4n) is 4.56. The molecule has 322 valence electrons. The number of benzene rings is 3. The first kappa shape index (κ1) is 46.0. The molecule has 0 fully saturated rings. The number of rotatable bonds is 16. The molecule has 1 N–H and O–H groups in total. The molecule has 0 spiro atoms. The first-order valence-electron chi connectivity index (χ1n) is 16.8. The van der Waals surface area contributed by atoms with Gasteiger partial charge in [-0.05, 0) is 43.3 Å². The molecule has 0 atom stereocenters. The van der Waals surface area contributed by atoms with Gasteiger partial charge in [0, 0.05) is 12.1 Å². The highest BCUT2D eigenvalue weighted by molar-refractivity contribution is 6.32. The molecule has 0 aliphatic rings. The lowest BCUT2D eigenvalue weighted by Crippen LogP contribution is -2.17. The average molecular weight is 878 g/mol. The molecular formula is C37H31ClF3N5O15. The van der Waals surface area contributed by atoms with Crippen molar-refractivity contribution in [3.63, 3.8) is 0 Å². The van der Waals surface area contributed by atoms with Gasteiger partial charge in [0.05, 0.1) is 62.7 Å². The second-order valence-electron chi connectivity index (χ2n) is 11.2. The van der Waals surface area contributed by atoms with E-state index in [1.807, 2.05) is 0 Å². The van der Waals surface area contributed by atoms with E-state index in [-0.39, 0.29) is 75.7 Å². The number of ether oxygens (including phenoxy) is 9. The van der Waals surface area contributed by atoms with Gasteiger partial charge in [-0.25, -0.2) is 14.4 Å². The molecule has 24 heteroatoms. The van der Waals surface area contributed by atoms with Crippen LogP contribution in [0.2, 0.25) is 5.02 Å². The van der Waals surface area contributed by atoms with E-state index >= 15 is 0 Å². The first-order chi connectivity index (χ1) is 29.0. The fourth-order valence-corrected chi connectivity index (χ4v) is 4.78. The summed E-state index contributed by atoms with van der Waals surface area (Å²) in [5, 5.41) is 20.6. The molecule has 0 unspecified atom stereocenters. The number of aromatic carboxylic acids is 1. The van der Waals surface area contributed by atoms with Crippen LogP contribution < -0.4 is 33.2 Å². The zero-order valence-corrected chi connectivity index (χ0v) is 32.9. The highest BCUT2D eigenvalue weighted by atomic mass is 35.5. The second-order valence-corrected chi connectivity index (χ2v) is 11.6. The summed E-state index contributed by atoms with van der Waals surface area (Å²) in [6.07, 6.45) is -4.61. The van der Waals surface area contributed by atoms with Crippen molar-refractivity contribution in [2.24, 2.45) is 0 Å². The van der Waals surface area contributed by atoms with Crippen LogP contribution >= 0.6 is 11.6 Å². The topological polar surface area (TPSA) is 249 Å². The maximum Gasteiger partial charge on any atom is 0.416 e. The third-order valence-electron chi connectivity index (χ3n) is 7.26. The summed E-state index contributed by atoms with van der Waals surface area (Å²) in [5.74, 6) is -3.18. The van der Waals surface area contributed by atoms with Crippen LogP contribution in [0.3, 0.4) is 0 Å². The molecule has 0 amide bonds. The minimum Gasteiger partial charge on any atom is -0.481 e. The quantitative estimate of drug-likeness (QED) is 0.0577. The van der Waals surface area contributed by atoms with Crippen molar-refractivity contribution in [1.29, 1.82) is 0 Å². The van der Waals surface area contributed by atoms with Crippen LogP contribution in [-0.4, -0.2) is 89.5 Å². The number of hydrogen-bond donors (Lipinski definition) is 1. The van der Waals surface area contributed by atoms with E-state index < -0.39 is 52.4 Å². The molecule has 5 aromatic rings. The molecule has 0 saturated carbocycles. The number of aromatic nitrogens is 4. The zero-order chi connectivity index (χ0) is 44.9. The number of carboxylic acid groups (broad SMARTS) is 1. The number of carbonyl (C=O) groups is 3. The van der Waals surface area contributed by atoms with Gasteiger partial charge in [-0.1, -0.05) is 17.7 Å². The number of esters is 2. The number of hydrogen-bond acceptors (Lipinski definition) is 18. The van der Waals surface area contributed by atoms with E-state index in [1.165, 1.54) is 65.7 Å². The largest absolute Gasteiger partial charge is 0.481 e. The van der Waals surface area contributed by atoms with E-state index in [0.717, 1.165) is 30.3 Å². The Bertz CT molecular complexity index is 2290. The predicted molar refractivity (Wildman–Crippen MR) is 200 cm³/mol. The van der Waals surface area contributed by atoms with Crippen LogP contribution in [0, 0.1) is 10.1 Å². The predicted octanol–water partition coefficient (Wildman–Crippen LogP) is 7.36. The standard InChI is InChI=1S/C19H18N4O8.C18H13ClF3NO7/c1-26-12-8-13(27-2)21-18(20-12)30-10-6-5-7-11(16(10)17(24)25)31-19-22-14(28-3)9-15(23-19)29-4;1-2-28-16(24)9-29-17(25)12-8-11(4-5-14(12)23(26)27)30-15-6-3-10(7-13(15)19)18(20,21)22/h5-9H,1-4H3,(H,24,25);3-8H,2,9H2,1H3. The van der Waals surface area contributed by atoms with E-state index in [1.54, 1.807) is 0 Å². The number of carboxylic acids is 1. The highest BCUT2D eigenvalue weighted by Gasteiger charge is 2.31. The van der Waals surface area contributed by atoms with Gasteiger partial charge in [-0.2, -0.15) is 33.1 Å². The normalized spacial score (nSPS) is 10.6. The molecule has 0 aliphatic carbocycles. The first-order valence-corrected chi connectivity index (χ1v) is 17.2. The van der Waals surface area contributed by atoms with Crippen LogP contribution in [0.5, 0.6) is 58.5 Å². The van der Waals surface area contributed by atoms with Crippen LogP contribution in [0.1, 0.15) is 33.2 Å². The molecule has 0 radical (unpaired) electrons. The second kappa shape index (κ2) is 20.8. The van der Waals surface area contributed by atoms with Crippen LogP contribution in [0.4, 0.5) is 18.9 Å². The van der Waals surface area contributed by atoms with Crippen LogP contribution in [-0.2, 0) is 20.4 Å². The summed E-state index contributed by atoms with van der Waals surface area (Å²) in [6, 6.07) is 12.2. The number of carbonyl (C=O) groups excluding carboxylic acids is 2. The van der Waals surface area contributed by atoms with Gasteiger partial charge in [0.2, 0.25) is 23.5 Å². The molecule has 0 bridgehead atoms. The molecule has 2 heterocycles. The van der Waals surface area contributed by atoms with Crippen LogP contribution in [0.15, 0.2) is 66.7 Å². The summed E-state index contributed by atoms with van der Waals surface area (Å²) in [5.41, 5.74) is -2.47. The highest BCUT2D eigenvalue weighted by Crippen LogP contribution is 2.38. The van der Waals surface area contributed by atoms with Crippen molar-refractivity contribution in [2.45, 2.75) is 13.1 Å². The summed E-state index contributed by atoms with van der Waals surface area (Å²) >= 11 is 5.81. The Morgan fingerprint density at radius 1 is 0.738 bits per heavy atom. The van der Waals surface area contributed by atoms with E-state index in [0.29, 0.717) is 6.07 Å². The number of nitro benzene ring substituents is 1. The number of nitrogens with zero attached hydrogens (tertiary/aromatic N) is 5. The zero-order valence-electron chi connectivity index (χ0n) is 32.2. The Morgan fingerprint density at radius 3 is 1.69 bits per heavy atom. The third-order valence-corrected chi connectivity index (χ3v) is 7.55. The summed E-state index contributed by atoms with van der Waals surface area (Å²) < 4.78 is 84.2. The van der Waals surface area contributed by atoms with E-state index in [4.69, 9.17) is 49.5 Å². The Morgan fingerprint density at radius 2 is 1.26 bits per heavy atom. The van der Waals surface area contributed by atoms with Crippen molar-refractivity contribution in [3.05, 3.63) is 98.6 Å². The molecule has 5 rings (SSSR count). The number of methoxy groups -OCH3 is 4. The van der Waals surface area contributed by atoms with Gasteiger partial charge >= 0.3 is 36.1 Å². The maximum absolute atomic E-state index is 12.7. The monoisotopic (exact) mass is 877 g/mol. The van der Waals surface area contributed by atoms with Gasteiger partial charge in [0.1, 0.15) is 34.1 Å². The van der Waals surface area contributed by atoms with Crippen LogP contribution in [0.25, 0.3) is 0 Å². The molecule has 3 aromatic carbocycles. The maximum atomic E-state index is 12.7. The van der Waals surface area contributed by atoms with Gasteiger partial charge in [0.25, 0.3) is 5.69 Å². The number of halogens is 4. The minimum atomic E-state index is -4.61. The van der Waals surface area contributed by atoms with Crippen molar-refractivity contribution >= 4 is 35.2 Å². The number of alkyl halides is 3. The van der Waals surface area contributed by atoms with Crippen molar-refractivity contribution < 1.29 is 80.2 Å². The lowest BCUT2D eigenvalue weighted by Gasteiger charge is -2.13. The van der Waals surface area contributed by atoms with Crippen molar-refractivity contribution in [3.8, 4) is 58.5 Å². The van der Waals surface area contributed by atoms with Crippen molar-refractivity contribution in [1.82, 2.24) is 19.9 Å². The van der Waals surface area contributed by atoms with E-state index in [9.17, 15) is 42.8 Å². The van der Waals surface area contributed by atoms with Crippen molar-refractivity contribution in [2.75, 3.05) is 41.7 Å². The lowest BCUT2D eigenvalue weighted by atomic mass is 10.1.